The van der Waals surface area contributed by atoms with E-state index in [1.54, 1.807) is 24.3 Å². The van der Waals surface area contributed by atoms with E-state index in [2.05, 4.69) is 15.5 Å². The maximum atomic E-state index is 12.4. The lowest BCUT2D eigenvalue weighted by Gasteiger charge is -2.03. The summed E-state index contributed by atoms with van der Waals surface area (Å²) in [5.74, 6) is 1.05. The number of rotatable bonds is 4. The molecule has 0 aliphatic carbocycles. The van der Waals surface area contributed by atoms with Gasteiger partial charge in [0.15, 0.2) is 17.0 Å². The largest absolute Gasteiger partial charge is 0.461 e. The Balaban J connectivity index is 1.32. The van der Waals surface area contributed by atoms with Crippen molar-refractivity contribution in [1.82, 2.24) is 10.1 Å². The molecule has 5 aromatic rings. The van der Waals surface area contributed by atoms with Gasteiger partial charge in [-0.15, -0.1) is 0 Å². The van der Waals surface area contributed by atoms with Gasteiger partial charge < -0.3 is 18.7 Å². The molecule has 0 aliphatic heterocycles. The smallest absolute Gasteiger partial charge is 0.277 e. The Kier molecular flexibility index (Phi) is 3.76. The van der Waals surface area contributed by atoms with E-state index in [-0.39, 0.29) is 11.6 Å². The van der Waals surface area contributed by atoms with Crippen LogP contribution in [0.3, 0.4) is 0 Å². The molecule has 3 aromatic heterocycles. The fourth-order valence-corrected chi connectivity index (χ4v) is 2.80. The Morgan fingerprint density at radius 3 is 2.57 bits per heavy atom. The van der Waals surface area contributed by atoms with Crippen LogP contribution >= 0.6 is 0 Å². The molecule has 1 N–H and O–H groups in total. The van der Waals surface area contributed by atoms with Crippen molar-refractivity contribution in [2.24, 2.45) is 0 Å². The Bertz CT molecular complexity index is 1220. The van der Waals surface area contributed by atoms with E-state index in [0.29, 0.717) is 23.1 Å². The van der Waals surface area contributed by atoms with E-state index >= 15 is 0 Å². The van der Waals surface area contributed by atoms with E-state index < -0.39 is 0 Å². The third-order valence-corrected chi connectivity index (χ3v) is 4.19. The van der Waals surface area contributed by atoms with E-state index in [1.165, 1.54) is 12.3 Å². The first-order valence-electron chi connectivity index (χ1n) is 8.54. The molecular formula is C21H13N3O4. The predicted molar refractivity (Wildman–Crippen MR) is 102 cm³/mol. The van der Waals surface area contributed by atoms with Crippen molar-refractivity contribution >= 4 is 22.7 Å². The van der Waals surface area contributed by atoms with Gasteiger partial charge in [0.2, 0.25) is 11.7 Å². The zero-order valence-corrected chi connectivity index (χ0v) is 14.5. The lowest BCUT2D eigenvalue weighted by Crippen LogP contribution is -2.11. The zero-order chi connectivity index (χ0) is 18.9. The van der Waals surface area contributed by atoms with E-state index in [1.807, 2.05) is 36.4 Å². The summed E-state index contributed by atoms with van der Waals surface area (Å²) in [5, 5.41) is 6.56. The SMILES string of the molecule is O=C(Nc1ccc(-c2nc3ccccc3o2)cc1)c1cc(-c2ccco2)on1. The highest BCUT2D eigenvalue weighted by Crippen LogP contribution is 2.25. The lowest BCUT2D eigenvalue weighted by atomic mass is 10.2. The molecule has 28 heavy (non-hydrogen) atoms. The Hall–Kier alpha value is -4.13. The molecule has 0 radical (unpaired) electrons. The number of nitrogens with zero attached hydrogens (tertiary/aromatic N) is 2. The van der Waals surface area contributed by atoms with Gasteiger partial charge in [-0.2, -0.15) is 0 Å². The summed E-state index contributed by atoms with van der Waals surface area (Å²) in [6.07, 6.45) is 1.52. The number of carbonyl (C=O) groups is 1. The molecule has 0 atom stereocenters. The molecule has 7 nitrogen and oxygen atoms in total. The maximum Gasteiger partial charge on any atom is 0.277 e. The van der Waals surface area contributed by atoms with Gasteiger partial charge in [0.25, 0.3) is 5.91 Å². The summed E-state index contributed by atoms with van der Waals surface area (Å²) in [6, 6.07) is 19.8. The number of aromatic nitrogens is 2. The van der Waals surface area contributed by atoms with Crippen LogP contribution in [0.15, 0.2) is 86.4 Å². The number of fused-ring (bicyclic) bond motifs is 1. The number of amides is 1. The average molecular weight is 371 g/mol. The van der Waals surface area contributed by atoms with E-state index in [9.17, 15) is 4.79 Å². The van der Waals surface area contributed by atoms with Crippen LogP contribution in [0, 0.1) is 0 Å². The van der Waals surface area contributed by atoms with E-state index in [4.69, 9.17) is 13.4 Å². The Labute approximate surface area is 158 Å². The summed E-state index contributed by atoms with van der Waals surface area (Å²) in [7, 11) is 0. The van der Waals surface area contributed by atoms with Gasteiger partial charge in [0, 0.05) is 17.3 Å². The normalized spacial score (nSPS) is 11.0. The van der Waals surface area contributed by atoms with Crippen LogP contribution in [0.2, 0.25) is 0 Å². The molecule has 0 unspecified atom stereocenters. The Morgan fingerprint density at radius 1 is 0.929 bits per heavy atom. The number of hydrogen-bond donors (Lipinski definition) is 1. The Morgan fingerprint density at radius 2 is 1.79 bits per heavy atom. The first-order valence-corrected chi connectivity index (χ1v) is 8.54. The number of furan rings is 1. The van der Waals surface area contributed by atoms with Crippen molar-refractivity contribution in [1.29, 1.82) is 0 Å². The second-order valence-electron chi connectivity index (χ2n) is 6.07. The topological polar surface area (TPSA) is 94.3 Å². The van der Waals surface area contributed by atoms with Gasteiger partial charge in [-0.1, -0.05) is 17.3 Å². The lowest BCUT2D eigenvalue weighted by molar-refractivity contribution is 0.101. The molecule has 0 saturated carbocycles. The third kappa shape index (κ3) is 2.95. The van der Waals surface area contributed by atoms with Crippen molar-refractivity contribution in [3.63, 3.8) is 0 Å². The second kappa shape index (κ2) is 6.55. The van der Waals surface area contributed by atoms with Gasteiger partial charge in [-0.3, -0.25) is 4.79 Å². The molecule has 1 amide bonds. The van der Waals surface area contributed by atoms with Crippen molar-refractivity contribution in [3.8, 4) is 23.0 Å². The minimum absolute atomic E-state index is 0.162. The number of anilines is 1. The highest BCUT2D eigenvalue weighted by atomic mass is 16.5. The highest BCUT2D eigenvalue weighted by molar-refractivity contribution is 6.03. The molecule has 0 saturated heterocycles. The summed E-state index contributed by atoms with van der Waals surface area (Å²) >= 11 is 0. The number of oxazole rings is 1. The molecule has 0 aliphatic rings. The third-order valence-electron chi connectivity index (χ3n) is 4.19. The molecule has 5 rings (SSSR count). The first kappa shape index (κ1) is 16.1. The van der Waals surface area contributed by atoms with Crippen molar-refractivity contribution in [2.75, 3.05) is 5.32 Å². The van der Waals surface area contributed by atoms with Gasteiger partial charge in [-0.25, -0.2) is 4.98 Å². The van der Waals surface area contributed by atoms with Gasteiger partial charge in [-0.05, 0) is 48.5 Å². The van der Waals surface area contributed by atoms with Crippen LogP contribution in [0.25, 0.3) is 34.1 Å². The first-order chi connectivity index (χ1) is 13.8. The van der Waals surface area contributed by atoms with Gasteiger partial charge in [0.1, 0.15) is 5.52 Å². The van der Waals surface area contributed by atoms with Crippen LogP contribution in [0.5, 0.6) is 0 Å². The molecular weight excluding hydrogens is 358 g/mol. The quantitative estimate of drug-likeness (QED) is 0.478. The summed E-state index contributed by atoms with van der Waals surface area (Å²) in [4.78, 5) is 16.8. The number of para-hydroxylation sites is 2. The van der Waals surface area contributed by atoms with Crippen LogP contribution in [-0.2, 0) is 0 Å². The fraction of sp³-hybridized carbons (Fsp3) is 0. The molecule has 136 valence electrons. The minimum atomic E-state index is -0.379. The molecule has 0 spiro atoms. The minimum Gasteiger partial charge on any atom is -0.461 e. The van der Waals surface area contributed by atoms with Crippen molar-refractivity contribution in [3.05, 3.63) is 78.7 Å². The molecule has 0 fully saturated rings. The number of hydrogen-bond acceptors (Lipinski definition) is 6. The number of carbonyl (C=O) groups excluding carboxylic acids is 1. The number of benzene rings is 2. The summed E-state index contributed by atoms with van der Waals surface area (Å²) in [6.45, 7) is 0. The highest BCUT2D eigenvalue weighted by Gasteiger charge is 2.15. The van der Waals surface area contributed by atoms with Crippen molar-refractivity contribution in [2.45, 2.75) is 0 Å². The monoisotopic (exact) mass is 371 g/mol. The fourth-order valence-electron chi connectivity index (χ4n) is 2.80. The zero-order valence-electron chi connectivity index (χ0n) is 14.5. The molecule has 0 bridgehead atoms. The second-order valence-corrected chi connectivity index (χ2v) is 6.07. The van der Waals surface area contributed by atoms with Crippen LogP contribution in [0.4, 0.5) is 5.69 Å². The van der Waals surface area contributed by atoms with Crippen LogP contribution in [0.1, 0.15) is 10.5 Å². The van der Waals surface area contributed by atoms with Crippen LogP contribution < -0.4 is 5.32 Å². The van der Waals surface area contributed by atoms with Crippen molar-refractivity contribution < 1.29 is 18.2 Å². The van der Waals surface area contributed by atoms with Gasteiger partial charge in [0.05, 0.1) is 6.26 Å². The molecule has 3 heterocycles. The predicted octanol–water partition coefficient (Wildman–Crippen LogP) is 5.00. The molecule has 2 aromatic carbocycles. The summed E-state index contributed by atoms with van der Waals surface area (Å²) < 4.78 is 16.1. The molecule has 7 heteroatoms. The summed E-state index contributed by atoms with van der Waals surface area (Å²) in [5.41, 5.74) is 3.12. The standard InChI is InChI=1S/C21H13N3O4/c25-20(16-12-19(28-24-16)18-6-3-11-26-18)22-14-9-7-13(8-10-14)21-23-15-4-1-2-5-17(15)27-21/h1-12H,(H,22,25). The number of nitrogens with one attached hydrogen (secondary N) is 1. The van der Waals surface area contributed by atoms with E-state index in [0.717, 1.165) is 16.7 Å². The van der Waals surface area contributed by atoms with Crippen LogP contribution in [-0.4, -0.2) is 16.0 Å². The maximum absolute atomic E-state index is 12.4. The van der Waals surface area contributed by atoms with Gasteiger partial charge >= 0.3 is 0 Å². The average Bonchev–Trinajstić information content (AvgIpc) is 3.48.